The van der Waals surface area contributed by atoms with Crippen LogP contribution in [0.25, 0.3) is 10.8 Å². The Hall–Kier alpha value is -2.07. The summed E-state index contributed by atoms with van der Waals surface area (Å²) in [6.45, 7) is 2.25. The fourth-order valence-electron chi connectivity index (χ4n) is 2.60. The zero-order valence-electron chi connectivity index (χ0n) is 12.3. The van der Waals surface area contributed by atoms with Crippen molar-refractivity contribution >= 4 is 33.5 Å². The van der Waals surface area contributed by atoms with Crippen LogP contribution in [0.15, 0.2) is 48.1 Å². The Morgan fingerprint density at radius 1 is 1.24 bits per heavy atom. The average molecular weight is 297 g/mol. The minimum absolute atomic E-state index is 0.413. The van der Waals surface area contributed by atoms with Gasteiger partial charge >= 0.3 is 0 Å². The molecule has 3 aromatic rings. The van der Waals surface area contributed by atoms with Gasteiger partial charge in [0.05, 0.1) is 0 Å². The van der Waals surface area contributed by atoms with Gasteiger partial charge in [-0.15, -0.1) is 11.3 Å². The van der Waals surface area contributed by atoms with E-state index in [2.05, 4.69) is 47.4 Å². The van der Waals surface area contributed by atoms with E-state index in [0.29, 0.717) is 6.04 Å². The van der Waals surface area contributed by atoms with Crippen LogP contribution < -0.4 is 10.6 Å². The second-order valence-corrected chi connectivity index (χ2v) is 6.37. The fourth-order valence-corrected chi connectivity index (χ4v) is 3.43. The molecule has 0 aliphatic carbocycles. The Morgan fingerprint density at radius 2 is 2.10 bits per heavy atom. The topological polar surface area (TPSA) is 42.1 Å². The number of benzene rings is 1. The van der Waals surface area contributed by atoms with Crippen LogP contribution in [0.2, 0.25) is 0 Å². The van der Waals surface area contributed by atoms with E-state index in [9.17, 15) is 0 Å². The predicted molar refractivity (Wildman–Crippen MR) is 92.0 cm³/mol. The van der Waals surface area contributed by atoms with Gasteiger partial charge in [0.25, 0.3) is 0 Å². The quantitative estimate of drug-likeness (QED) is 0.742. The van der Waals surface area contributed by atoms with Gasteiger partial charge in [-0.2, -0.15) is 0 Å². The molecular formula is C17H19N3S. The summed E-state index contributed by atoms with van der Waals surface area (Å²) in [5.41, 5.74) is 8.04. The monoisotopic (exact) mass is 297 g/mol. The molecule has 3 nitrogen and oxygen atoms in total. The highest BCUT2D eigenvalue weighted by molar-refractivity contribution is 7.09. The lowest BCUT2D eigenvalue weighted by molar-refractivity contribution is 0.690. The maximum Gasteiger partial charge on any atom is 0.0463 e. The molecule has 2 aromatic heterocycles. The molecule has 0 fully saturated rings. The van der Waals surface area contributed by atoms with E-state index in [-0.39, 0.29) is 0 Å². The van der Waals surface area contributed by atoms with Gasteiger partial charge in [-0.1, -0.05) is 6.07 Å². The van der Waals surface area contributed by atoms with Crippen molar-refractivity contribution in [2.45, 2.75) is 19.4 Å². The van der Waals surface area contributed by atoms with Crippen molar-refractivity contribution in [2.75, 3.05) is 17.7 Å². The molecule has 0 aliphatic rings. The van der Waals surface area contributed by atoms with Gasteiger partial charge < -0.3 is 10.6 Å². The highest BCUT2D eigenvalue weighted by Crippen LogP contribution is 2.31. The standard InChI is InChI=1S/C17H19N3S/c1-12(10-13-4-3-9-21-13)20(2)17-6-5-16(18)14-7-8-19-11-15(14)17/h3-9,11-12H,10,18H2,1-2H3. The van der Waals surface area contributed by atoms with E-state index >= 15 is 0 Å². The Morgan fingerprint density at radius 3 is 2.86 bits per heavy atom. The van der Waals surface area contributed by atoms with Gasteiger partial charge in [0, 0.05) is 58.9 Å². The van der Waals surface area contributed by atoms with Crippen LogP contribution in [-0.4, -0.2) is 18.1 Å². The van der Waals surface area contributed by atoms with Crippen LogP contribution in [0.1, 0.15) is 11.8 Å². The van der Waals surface area contributed by atoms with E-state index in [1.165, 1.54) is 10.6 Å². The first kappa shape index (κ1) is 13.9. The van der Waals surface area contributed by atoms with E-state index in [1.54, 1.807) is 6.20 Å². The van der Waals surface area contributed by atoms with E-state index in [0.717, 1.165) is 22.9 Å². The third-order valence-electron chi connectivity index (χ3n) is 3.95. The molecule has 4 heteroatoms. The molecular weight excluding hydrogens is 278 g/mol. The zero-order chi connectivity index (χ0) is 14.8. The van der Waals surface area contributed by atoms with E-state index in [4.69, 9.17) is 5.73 Å². The second-order valence-electron chi connectivity index (χ2n) is 5.34. The van der Waals surface area contributed by atoms with Crippen molar-refractivity contribution in [3.05, 3.63) is 53.0 Å². The molecule has 0 aliphatic heterocycles. The number of fused-ring (bicyclic) bond motifs is 1. The minimum Gasteiger partial charge on any atom is -0.398 e. The molecule has 108 valence electrons. The lowest BCUT2D eigenvalue weighted by atomic mass is 10.1. The lowest BCUT2D eigenvalue weighted by Gasteiger charge is -2.28. The number of likely N-dealkylation sites (N-methyl/N-ethyl adjacent to an activating group) is 1. The summed E-state index contributed by atoms with van der Waals surface area (Å²) in [6.07, 6.45) is 4.73. The van der Waals surface area contributed by atoms with Gasteiger partial charge in [-0.25, -0.2) is 0 Å². The van der Waals surface area contributed by atoms with Gasteiger partial charge in [0.2, 0.25) is 0 Å². The molecule has 1 atom stereocenters. The first-order valence-corrected chi connectivity index (χ1v) is 7.92. The van der Waals surface area contributed by atoms with Crippen molar-refractivity contribution in [1.29, 1.82) is 0 Å². The highest BCUT2D eigenvalue weighted by Gasteiger charge is 2.14. The van der Waals surface area contributed by atoms with Crippen molar-refractivity contribution in [2.24, 2.45) is 0 Å². The van der Waals surface area contributed by atoms with Crippen LogP contribution in [-0.2, 0) is 6.42 Å². The van der Waals surface area contributed by atoms with Gasteiger partial charge in [-0.3, -0.25) is 4.98 Å². The number of anilines is 2. The minimum atomic E-state index is 0.413. The number of thiophene rings is 1. The number of nitrogens with zero attached hydrogens (tertiary/aromatic N) is 2. The average Bonchev–Trinajstić information content (AvgIpc) is 3.00. The van der Waals surface area contributed by atoms with Crippen LogP contribution in [0.3, 0.4) is 0 Å². The van der Waals surface area contributed by atoms with Crippen LogP contribution >= 0.6 is 11.3 Å². The Labute approximate surface area is 129 Å². The molecule has 0 bridgehead atoms. The SMILES string of the molecule is CC(Cc1cccs1)N(C)c1ccc(N)c2ccncc12. The largest absolute Gasteiger partial charge is 0.398 e. The number of aromatic nitrogens is 1. The fraction of sp³-hybridized carbons (Fsp3) is 0.235. The van der Waals surface area contributed by atoms with Crippen molar-refractivity contribution < 1.29 is 0 Å². The summed E-state index contributed by atoms with van der Waals surface area (Å²) < 4.78 is 0. The second kappa shape index (κ2) is 5.74. The first-order valence-electron chi connectivity index (χ1n) is 7.04. The molecule has 21 heavy (non-hydrogen) atoms. The summed E-state index contributed by atoms with van der Waals surface area (Å²) in [6, 6.07) is 10.8. The summed E-state index contributed by atoms with van der Waals surface area (Å²) in [5, 5.41) is 4.31. The Balaban J connectivity index is 1.94. The molecule has 1 unspecified atom stereocenters. The summed E-state index contributed by atoms with van der Waals surface area (Å²) in [5.74, 6) is 0. The molecule has 2 N–H and O–H groups in total. The predicted octanol–water partition coefficient (Wildman–Crippen LogP) is 3.95. The zero-order valence-corrected chi connectivity index (χ0v) is 13.1. The number of rotatable bonds is 4. The normalized spacial score (nSPS) is 12.5. The molecule has 3 rings (SSSR count). The summed E-state index contributed by atoms with van der Waals surface area (Å²) >= 11 is 1.81. The maximum absolute atomic E-state index is 6.07. The summed E-state index contributed by atoms with van der Waals surface area (Å²) in [4.78, 5) is 7.97. The van der Waals surface area contributed by atoms with Gasteiger partial charge in [0.15, 0.2) is 0 Å². The molecule has 2 heterocycles. The molecule has 1 aromatic carbocycles. The molecule has 0 saturated heterocycles. The number of hydrogen-bond acceptors (Lipinski definition) is 4. The van der Waals surface area contributed by atoms with Crippen LogP contribution in [0, 0.1) is 0 Å². The first-order chi connectivity index (χ1) is 10.2. The molecule has 0 spiro atoms. The molecule has 0 amide bonds. The van der Waals surface area contributed by atoms with E-state index in [1.807, 2.05) is 29.7 Å². The number of nitrogens with two attached hydrogens (primary N) is 1. The van der Waals surface area contributed by atoms with Crippen LogP contribution in [0.4, 0.5) is 11.4 Å². The third kappa shape index (κ3) is 2.72. The van der Waals surface area contributed by atoms with Crippen molar-refractivity contribution in [3.63, 3.8) is 0 Å². The van der Waals surface area contributed by atoms with Crippen molar-refractivity contribution in [3.8, 4) is 0 Å². The van der Waals surface area contributed by atoms with E-state index < -0.39 is 0 Å². The maximum atomic E-state index is 6.07. The highest BCUT2D eigenvalue weighted by atomic mass is 32.1. The van der Waals surface area contributed by atoms with Crippen LogP contribution in [0.5, 0.6) is 0 Å². The lowest BCUT2D eigenvalue weighted by Crippen LogP contribution is -2.30. The van der Waals surface area contributed by atoms with Gasteiger partial charge in [-0.05, 0) is 36.6 Å². The Bertz CT molecular complexity index is 737. The van der Waals surface area contributed by atoms with Crippen molar-refractivity contribution in [1.82, 2.24) is 4.98 Å². The smallest absolute Gasteiger partial charge is 0.0463 e. The number of nitrogen functional groups attached to an aromatic ring is 1. The third-order valence-corrected chi connectivity index (χ3v) is 4.85. The van der Waals surface area contributed by atoms with Gasteiger partial charge in [0.1, 0.15) is 0 Å². The summed E-state index contributed by atoms with van der Waals surface area (Å²) in [7, 11) is 2.14. The molecule has 0 radical (unpaired) electrons. The number of hydrogen-bond donors (Lipinski definition) is 1. The Kier molecular flexibility index (Phi) is 3.80. The number of pyridine rings is 1. The molecule has 0 saturated carbocycles.